The lowest BCUT2D eigenvalue weighted by molar-refractivity contribution is -0.130. The Morgan fingerprint density at radius 3 is 2.82 bits per heavy atom. The van der Waals surface area contributed by atoms with Crippen molar-refractivity contribution in [2.75, 3.05) is 12.4 Å². The van der Waals surface area contributed by atoms with Crippen LogP contribution in [0.4, 0.5) is 4.39 Å². The molecule has 0 heterocycles. The van der Waals surface area contributed by atoms with E-state index in [0.717, 1.165) is 23.7 Å². The molecule has 0 aliphatic heterocycles. The standard InChI is InChI=1S/C13H17BrFNO/c1-16(13(17)7-2-3-8-14)10-11-5-4-6-12(15)9-11/h4-6,9H,2-3,7-8,10H2,1H3. The molecule has 0 N–H and O–H groups in total. The largest absolute Gasteiger partial charge is 0.341 e. The zero-order valence-corrected chi connectivity index (χ0v) is 11.5. The van der Waals surface area contributed by atoms with Crippen molar-refractivity contribution in [1.82, 2.24) is 4.90 Å². The first kappa shape index (κ1) is 14.2. The summed E-state index contributed by atoms with van der Waals surface area (Å²) in [5, 5.41) is 0.924. The summed E-state index contributed by atoms with van der Waals surface area (Å²) < 4.78 is 13.0. The normalized spacial score (nSPS) is 10.3. The highest BCUT2D eigenvalue weighted by Gasteiger charge is 2.08. The van der Waals surface area contributed by atoms with Gasteiger partial charge in [-0.2, -0.15) is 0 Å². The zero-order valence-electron chi connectivity index (χ0n) is 9.96. The summed E-state index contributed by atoms with van der Waals surface area (Å²) in [5.41, 5.74) is 0.821. The molecule has 0 bridgehead atoms. The number of carbonyl (C=O) groups excluding carboxylic acids is 1. The first-order chi connectivity index (χ1) is 8.13. The number of carbonyl (C=O) groups is 1. The Morgan fingerprint density at radius 2 is 2.18 bits per heavy atom. The highest BCUT2D eigenvalue weighted by Crippen LogP contribution is 2.08. The second-order valence-corrected chi connectivity index (χ2v) is 4.82. The van der Waals surface area contributed by atoms with Gasteiger partial charge < -0.3 is 4.90 Å². The molecule has 1 rings (SSSR count). The predicted molar refractivity (Wildman–Crippen MR) is 70.5 cm³/mol. The van der Waals surface area contributed by atoms with Crippen molar-refractivity contribution < 1.29 is 9.18 Å². The van der Waals surface area contributed by atoms with Crippen molar-refractivity contribution in [3.8, 4) is 0 Å². The summed E-state index contributed by atoms with van der Waals surface area (Å²) in [7, 11) is 1.75. The van der Waals surface area contributed by atoms with E-state index >= 15 is 0 Å². The van der Waals surface area contributed by atoms with Crippen LogP contribution < -0.4 is 0 Å². The number of hydrogen-bond donors (Lipinski definition) is 0. The quantitative estimate of drug-likeness (QED) is 0.583. The van der Waals surface area contributed by atoms with Gasteiger partial charge in [0.05, 0.1) is 0 Å². The van der Waals surface area contributed by atoms with Crippen LogP contribution in [0.5, 0.6) is 0 Å². The SMILES string of the molecule is CN(Cc1cccc(F)c1)C(=O)CCCCBr. The number of halogens is 2. The van der Waals surface area contributed by atoms with Gasteiger partial charge in [0.1, 0.15) is 5.82 Å². The summed E-state index contributed by atoms with van der Waals surface area (Å²) in [5.74, 6) is -0.155. The molecule has 94 valence electrons. The zero-order chi connectivity index (χ0) is 12.7. The van der Waals surface area contributed by atoms with Crippen LogP contribution in [-0.4, -0.2) is 23.2 Å². The van der Waals surface area contributed by atoms with Crippen LogP contribution in [0, 0.1) is 5.82 Å². The Balaban J connectivity index is 2.43. The van der Waals surface area contributed by atoms with Gasteiger partial charge in [0, 0.05) is 25.3 Å². The van der Waals surface area contributed by atoms with E-state index in [0.29, 0.717) is 13.0 Å². The maximum absolute atomic E-state index is 13.0. The molecular weight excluding hydrogens is 285 g/mol. The molecule has 0 aliphatic carbocycles. The maximum Gasteiger partial charge on any atom is 0.222 e. The van der Waals surface area contributed by atoms with Gasteiger partial charge in [-0.05, 0) is 30.5 Å². The number of unbranched alkanes of at least 4 members (excludes halogenated alkanes) is 1. The van der Waals surface area contributed by atoms with Crippen molar-refractivity contribution >= 4 is 21.8 Å². The van der Waals surface area contributed by atoms with Gasteiger partial charge in [0.25, 0.3) is 0 Å². The monoisotopic (exact) mass is 301 g/mol. The third-order valence-corrected chi connectivity index (χ3v) is 3.07. The minimum absolute atomic E-state index is 0.107. The van der Waals surface area contributed by atoms with Gasteiger partial charge in [-0.3, -0.25) is 4.79 Å². The molecule has 0 fully saturated rings. The van der Waals surface area contributed by atoms with Crippen molar-refractivity contribution in [2.45, 2.75) is 25.8 Å². The number of amides is 1. The molecule has 0 unspecified atom stereocenters. The third kappa shape index (κ3) is 5.31. The van der Waals surface area contributed by atoms with Crippen LogP contribution in [0.3, 0.4) is 0 Å². The Bertz CT molecular complexity index is 370. The van der Waals surface area contributed by atoms with E-state index in [2.05, 4.69) is 15.9 Å². The van der Waals surface area contributed by atoms with Gasteiger partial charge in [-0.1, -0.05) is 28.1 Å². The predicted octanol–water partition coefficient (Wildman–Crippen LogP) is 3.35. The second-order valence-electron chi connectivity index (χ2n) is 4.03. The molecule has 0 atom stereocenters. The van der Waals surface area contributed by atoms with E-state index < -0.39 is 0 Å². The van der Waals surface area contributed by atoms with Gasteiger partial charge in [0.15, 0.2) is 0 Å². The van der Waals surface area contributed by atoms with Crippen molar-refractivity contribution in [3.63, 3.8) is 0 Å². The molecular formula is C13H17BrFNO. The van der Waals surface area contributed by atoms with E-state index in [-0.39, 0.29) is 11.7 Å². The Hall–Kier alpha value is -0.900. The van der Waals surface area contributed by atoms with Crippen LogP contribution in [0.1, 0.15) is 24.8 Å². The third-order valence-electron chi connectivity index (χ3n) is 2.51. The first-order valence-corrected chi connectivity index (χ1v) is 6.80. The van der Waals surface area contributed by atoms with Crippen LogP contribution in [0.2, 0.25) is 0 Å². The summed E-state index contributed by atoms with van der Waals surface area (Å²) in [6, 6.07) is 6.35. The van der Waals surface area contributed by atoms with E-state index in [1.807, 2.05) is 6.07 Å². The summed E-state index contributed by atoms with van der Waals surface area (Å²) in [6.45, 7) is 0.463. The van der Waals surface area contributed by atoms with Gasteiger partial charge in [-0.15, -0.1) is 0 Å². The average molecular weight is 302 g/mol. The lowest BCUT2D eigenvalue weighted by Crippen LogP contribution is -2.25. The number of nitrogens with zero attached hydrogens (tertiary/aromatic N) is 1. The smallest absolute Gasteiger partial charge is 0.222 e. The molecule has 0 aromatic heterocycles. The Labute approximate surface area is 110 Å². The molecule has 0 saturated carbocycles. The fourth-order valence-electron chi connectivity index (χ4n) is 1.56. The number of hydrogen-bond acceptors (Lipinski definition) is 1. The number of benzene rings is 1. The molecule has 0 radical (unpaired) electrons. The highest BCUT2D eigenvalue weighted by molar-refractivity contribution is 9.09. The van der Waals surface area contributed by atoms with E-state index in [9.17, 15) is 9.18 Å². The lowest BCUT2D eigenvalue weighted by atomic mass is 10.2. The van der Waals surface area contributed by atoms with E-state index in [1.165, 1.54) is 12.1 Å². The summed E-state index contributed by atoms with van der Waals surface area (Å²) in [4.78, 5) is 13.4. The fourth-order valence-corrected chi connectivity index (χ4v) is 1.96. The minimum Gasteiger partial charge on any atom is -0.341 e. The van der Waals surface area contributed by atoms with Gasteiger partial charge in [0.2, 0.25) is 5.91 Å². The van der Waals surface area contributed by atoms with Crippen LogP contribution in [0.15, 0.2) is 24.3 Å². The molecule has 1 aromatic carbocycles. The van der Waals surface area contributed by atoms with Crippen LogP contribution >= 0.6 is 15.9 Å². The molecule has 2 nitrogen and oxygen atoms in total. The maximum atomic E-state index is 13.0. The molecule has 0 saturated heterocycles. The molecule has 0 aliphatic rings. The summed E-state index contributed by atoms with van der Waals surface area (Å²) in [6.07, 6.45) is 2.44. The molecule has 0 spiro atoms. The fraction of sp³-hybridized carbons (Fsp3) is 0.462. The van der Waals surface area contributed by atoms with Crippen LogP contribution in [0.25, 0.3) is 0 Å². The first-order valence-electron chi connectivity index (χ1n) is 5.68. The second kappa shape index (κ2) is 7.43. The van der Waals surface area contributed by atoms with Gasteiger partial charge >= 0.3 is 0 Å². The van der Waals surface area contributed by atoms with Crippen LogP contribution in [-0.2, 0) is 11.3 Å². The number of rotatable bonds is 6. The average Bonchev–Trinajstić information content (AvgIpc) is 2.29. The Kier molecular flexibility index (Phi) is 6.19. The molecule has 17 heavy (non-hydrogen) atoms. The summed E-state index contributed by atoms with van der Waals surface area (Å²) >= 11 is 3.33. The molecule has 4 heteroatoms. The van der Waals surface area contributed by atoms with Crippen molar-refractivity contribution in [1.29, 1.82) is 0 Å². The highest BCUT2D eigenvalue weighted by atomic mass is 79.9. The molecule has 1 amide bonds. The van der Waals surface area contributed by atoms with E-state index in [4.69, 9.17) is 0 Å². The van der Waals surface area contributed by atoms with E-state index in [1.54, 1.807) is 18.0 Å². The Morgan fingerprint density at radius 1 is 1.41 bits per heavy atom. The van der Waals surface area contributed by atoms with Crippen molar-refractivity contribution in [2.24, 2.45) is 0 Å². The number of alkyl halides is 1. The minimum atomic E-state index is -0.261. The van der Waals surface area contributed by atoms with Crippen molar-refractivity contribution in [3.05, 3.63) is 35.6 Å². The molecule has 1 aromatic rings. The topological polar surface area (TPSA) is 20.3 Å². The van der Waals surface area contributed by atoms with Gasteiger partial charge in [-0.25, -0.2) is 4.39 Å². The lowest BCUT2D eigenvalue weighted by Gasteiger charge is -2.17.